The van der Waals surface area contributed by atoms with E-state index in [2.05, 4.69) is 5.32 Å². The summed E-state index contributed by atoms with van der Waals surface area (Å²) in [5.74, 6) is -0.178. The van der Waals surface area contributed by atoms with Crippen molar-refractivity contribution in [2.75, 3.05) is 18.9 Å². The third kappa shape index (κ3) is 5.06. The van der Waals surface area contributed by atoms with Crippen molar-refractivity contribution in [3.63, 3.8) is 0 Å². The molecular weight excluding hydrogens is 348 g/mol. The van der Waals surface area contributed by atoms with Crippen LogP contribution in [0.2, 0.25) is 5.02 Å². The SMILES string of the molecule is CN(CCCC(=O)Nc1cccc(Cl)c1)S(=O)(=O)c1ccccc1. The molecule has 2 rings (SSSR count). The second-order valence-corrected chi connectivity index (χ2v) is 7.78. The zero-order valence-corrected chi connectivity index (χ0v) is 14.8. The fourth-order valence-corrected chi connectivity index (χ4v) is 3.57. The van der Waals surface area contributed by atoms with Gasteiger partial charge in [0.25, 0.3) is 0 Å². The molecule has 1 amide bonds. The van der Waals surface area contributed by atoms with Gasteiger partial charge in [0, 0.05) is 30.7 Å². The molecule has 1 N–H and O–H groups in total. The van der Waals surface area contributed by atoms with Crippen molar-refractivity contribution >= 4 is 33.2 Å². The number of benzene rings is 2. The number of halogens is 1. The fourth-order valence-electron chi connectivity index (χ4n) is 2.14. The summed E-state index contributed by atoms with van der Waals surface area (Å²) in [7, 11) is -2.01. The van der Waals surface area contributed by atoms with Crippen LogP contribution in [-0.2, 0) is 14.8 Å². The van der Waals surface area contributed by atoms with Crippen molar-refractivity contribution in [1.29, 1.82) is 0 Å². The number of amides is 1. The molecule has 24 heavy (non-hydrogen) atoms. The fraction of sp³-hybridized carbons (Fsp3) is 0.235. The lowest BCUT2D eigenvalue weighted by molar-refractivity contribution is -0.116. The van der Waals surface area contributed by atoms with Crippen LogP contribution in [0.4, 0.5) is 5.69 Å². The minimum absolute atomic E-state index is 0.178. The number of nitrogens with one attached hydrogen (secondary N) is 1. The largest absolute Gasteiger partial charge is 0.326 e. The molecule has 0 aliphatic rings. The van der Waals surface area contributed by atoms with Gasteiger partial charge in [-0.05, 0) is 36.8 Å². The average Bonchev–Trinajstić information content (AvgIpc) is 2.55. The van der Waals surface area contributed by atoms with Crippen molar-refractivity contribution in [1.82, 2.24) is 4.31 Å². The minimum Gasteiger partial charge on any atom is -0.326 e. The topological polar surface area (TPSA) is 66.5 Å². The van der Waals surface area contributed by atoms with Crippen LogP contribution in [0.1, 0.15) is 12.8 Å². The predicted molar refractivity (Wildman–Crippen MR) is 95.6 cm³/mol. The van der Waals surface area contributed by atoms with Gasteiger partial charge < -0.3 is 5.32 Å². The Hall–Kier alpha value is -1.89. The van der Waals surface area contributed by atoms with E-state index in [4.69, 9.17) is 11.6 Å². The highest BCUT2D eigenvalue weighted by atomic mass is 35.5. The van der Waals surface area contributed by atoms with Gasteiger partial charge in [-0.3, -0.25) is 4.79 Å². The standard InChI is InChI=1S/C17H19ClN2O3S/c1-20(24(22,23)16-9-3-2-4-10-16)12-6-11-17(21)19-15-8-5-7-14(18)13-15/h2-5,7-10,13H,6,11-12H2,1H3,(H,19,21). The molecule has 5 nitrogen and oxygen atoms in total. The van der Waals surface area contributed by atoms with Crippen LogP contribution in [0.15, 0.2) is 59.5 Å². The smallest absolute Gasteiger partial charge is 0.242 e. The van der Waals surface area contributed by atoms with Gasteiger partial charge in [-0.2, -0.15) is 0 Å². The zero-order chi connectivity index (χ0) is 17.6. The highest BCUT2D eigenvalue weighted by molar-refractivity contribution is 7.89. The maximum absolute atomic E-state index is 12.3. The Morgan fingerprint density at radius 3 is 2.50 bits per heavy atom. The number of rotatable bonds is 7. The van der Waals surface area contributed by atoms with E-state index in [1.807, 2.05) is 0 Å². The molecule has 7 heteroatoms. The normalized spacial score (nSPS) is 11.5. The number of anilines is 1. The number of hydrogen-bond acceptors (Lipinski definition) is 3. The number of carbonyl (C=O) groups is 1. The highest BCUT2D eigenvalue weighted by Gasteiger charge is 2.20. The predicted octanol–water partition coefficient (Wildman–Crippen LogP) is 3.38. The molecule has 0 aromatic heterocycles. The van der Waals surface area contributed by atoms with Crippen molar-refractivity contribution in [3.05, 3.63) is 59.6 Å². The molecule has 2 aromatic carbocycles. The minimum atomic E-state index is -3.52. The maximum atomic E-state index is 12.3. The average molecular weight is 367 g/mol. The molecule has 0 aliphatic carbocycles. The maximum Gasteiger partial charge on any atom is 0.242 e. The number of nitrogens with zero attached hydrogens (tertiary/aromatic N) is 1. The monoisotopic (exact) mass is 366 g/mol. The first kappa shape index (κ1) is 18.4. The lowest BCUT2D eigenvalue weighted by Crippen LogP contribution is -2.28. The van der Waals surface area contributed by atoms with Crippen molar-refractivity contribution < 1.29 is 13.2 Å². The van der Waals surface area contributed by atoms with Gasteiger partial charge in [0.1, 0.15) is 0 Å². The lowest BCUT2D eigenvalue weighted by Gasteiger charge is -2.17. The van der Waals surface area contributed by atoms with Crippen LogP contribution >= 0.6 is 11.6 Å². The zero-order valence-electron chi connectivity index (χ0n) is 13.3. The molecule has 0 unspecified atom stereocenters. The van der Waals surface area contributed by atoms with Gasteiger partial charge in [-0.15, -0.1) is 0 Å². The van der Waals surface area contributed by atoms with E-state index in [1.165, 1.54) is 11.4 Å². The van der Waals surface area contributed by atoms with Crippen molar-refractivity contribution in [3.8, 4) is 0 Å². The summed E-state index contributed by atoms with van der Waals surface area (Å²) in [6, 6.07) is 15.1. The Morgan fingerprint density at radius 1 is 1.12 bits per heavy atom. The van der Waals surface area contributed by atoms with Crippen LogP contribution in [0.5, 0.6) is 0 Å². The molecular formula is C17H19ClN2O3S. The van der Waals surface area contributed by atoms with Gasteiger partial charge in [0.2, 0.25) is 15.9 Å². The molecule has 0 saturated heterocycles. The Labute approximate surface area is 147 Å². The molecule has 0 fully saturated rings. The van der Waals surface area contributed by atoms with E-state index in [0.717, 1.165) is 0 Å². The van der Waals surface area contributed by atoms with Crippen LogP contribution in [0.3, 0.4) is 0 Å². The van der Waals surface area contributed by atoms with E-state index in [1.54, 1.807) is 54.6 Å². The highest BCUT2D eigenvalue weighted by Crippen LogP contribution is 2.16. The number of carbonyl (C=O) groups excluding carboxylic acids is 1. The van der Waals surface area contributed by atoms with Gasteiger partial charge in [-0.25, -0.2) is 12.7 Å². The van der Waals surface area contributed by atoms with Crippen molar-refractivity contribution in [2.24, 2.45) is 0 Å². The molecule has 0 aliphatic heterocycles. The first-order valence-corrected chi connectivity index (χ1v) is 9.28. The Morgan fingerprint density at radius 2 is 1.83 bits per heavy atom. The summed E-state index contributed by atoms with van der Waals surface area (Å²) in [5, 5.41) is 3.28. The summed E-state index contributed by atoms with van der Waals surface area (Å²) < 4.78 is 26.0. The molecule has 2 aromatic rings. The van der Waals surface area contributed by atoms with Crippen molar-refractivity contribution in [2.45, 2.75) is 17.7 Å². The van der Waals surface area contributed by atoms with Crippen LogP contribution in [-0.4, -0.2) is 32.2 Å². The molecule has 0 heterocycles. The first-order valence-electron chi connectivity index (χ1n) is 7.46. The third-order valence-corrected chi connectivity index (χ3v) is 5.54. The van der Waals surface area contributed by atoms with E-state index >= 15 is 0 Å². The first-order chi connectivity index (χ1) is 11.4. The van der Waals surface area contributed by atoms with E-state index in [0.29, 0.717) is 17.1 Å². The third-order valence-electron chi connectivity index (χ3n) is 3.44. The van der Waals surface area contributed by atoms with Crippen LogP contribution in [0.25, 0.3) is 0 Å². The van der Waals surface area contributed by atoms with E-state index < -0.39 is 10.0 Å². The van der Waals surface area contributed by atoms with Gasteiger partial charge in [0.15, 0.2) is 0 Å². The molecule has 0 atom stereocenters. The molecule has 128 valence electrons. The van der Waals surface area contributed by atoms with Crippen LogP contribution in [0, 0.1) is 0 Å². The summed E-state index contributed by atoms with van der Waals surface area (Å²) in [6.45, 7) is 0.264. The number of hydrogen-bond donors (Lipinski definition) is 1. The molecule has 0 bridgehead atoms. The molecule has 0 radical (unpaired) electrons. The molecule has 0 spiro atoms. The van der Waals surface area contributed by atoms with Gasteiger partial charge in [0.05, 0.1) is 4.90 Å². The Bertz CT molecular complexity index is 794. The summed E-state index contributed by atoms with van der Waals surface area (Å²) in [5.41, 5.74) is 0.623. The second-order valence-electron chi connectivity index (χ2n) is 5.30. The molecule has 0 saturated carbocycles. The summed E-state index contributed by atoms with van der Waals surface area (Å²) in [4.78, 5) is 12.1. The quantitative estimate of drug-likeness (QED) is 0.816. The van der Waals surface area contributed by atoms with E-state index in [9.17, 15) is 13.2 Å². The lowest BCUT2D eigenvalue weighted by atomic mass is 10.2. The second kappa shape index (κ2) is 8.28. The van der Waals surface area contributed by atoms with E-state index in [-0.39, 0.29) is 23.8 Å². The number of sulfonamides is 1. The summed E-state index contributed by atoms with van der Waals surface area (Å²) in [6.07, 6.45) is 0.649. The summed E-state index contributed by atoms with van der Waals surface area (Å²) >= 11 is 5.86. The Balaban J connectivity index is 1.84. The Kier molecular flexibility index (Phi) is 6.36. The van der Waals surface area contributed by atoms with Gasteiger partial charge in [-0.1, -0.05) is 35.9 Å². The van der Waals surface area contributed by atoms with Crippen LogP contribution < -0.4 is 5.32 Å². The van der Waals surface area contributed by atoms with Gasteiger partial charge >= 0.3 is 0 Å².